The number of halogens is 3. The van der Waals surface area contributed by atoms with Crippen LogP contribution >= 0.6 is 50.1 Å². The Labute approximate surface area is 160 Å². The number of nitrogens with zero attached hydrogens (tertiary/aromatic N) is 1. The smallest absolute Gasteiger partial charge is 0.266 e. The van der Waals surface area contributed by atoms with Crippen molar-refractivity contribution in [1.82, 2.24) is 0 Å². The molecule has 2 aromatic carbocycles. The van der Waals surface area contributed by atoms with Crippen molar-refractivity contribution in [2.75, 3.05) is 5.32 Å². The molecule has 116 valence electrons. The standard InChI is InChI=1S/C16H9BrClIN2O2/c17-13-6-9(7-14(19)15(13)22)5-10(8-20)16(23)21-12-3-1-11(18)2-4-12/h1-7,22H,(H,21,23)/b10-5-. The van der Waals surface area contributed by atoms with Crippen molar-refractivity contribution >= 4 is 67.8 Å². The summed E-state index contributed by atoms with van der Waals surface area (Å²) in [7, 11) is 0. The number of rotatable bonds is 3. The lowest BCUT2D eigenvalue weighted by Gasteiger charge is -2.05. The minimum atomic E-state index is -0.519. The fraction of sp³-hybridized carbons (Fsp3) is 0. The summed E-state index contributed by atoms with van der Waals surface area (Å²) in [6.45, 7) is 0. The first-order valence-corrected chi connectivity index (χ1v) is 8.52. The molecule has 23 heavy (non-hydrogen) atoms. The van der Waals surface area contributed by atoms with Gasteiger partial charge in [-0.1, -0.05) is 11.6 Å². The second kappa shape index (κ2) is 7.81. The van der Waals surface area contributed by atoms with Gasteiger partial charge in [0.1, 0.15) is 17.4 Å². The summed E-state index contributed by atoms with van der Waals surface area (Å²) in [5.74, 6) is -0.402. The Balaban J connectivity index is 2.26. The lowest BCUT2D eigenvalue weighted by Crippen LogP contribution is -2.13. The zero-order valence-electron chi connectivity index (χ0n) is 11.5. The predicted molar refractivity (Wildman–Crippen MR) is 102 cm³/mol. The van der Waals surface area contributed by atoms with Gasteiger partial charge >= 0.3 is 0 Å². The molecule has 4 nitrogen and oxygen atoms in total. The van der Waals surface area contributed by atoms with E-state index in [9.17, 15) is 15.2 Å². The SMILES string of the molecule is N#C/C(=C/c1cc(Br)c(O)c(I)c1)C(=O)Nc1ccc(Cl)cc1. The van der Waals surface area contributed by atoms with Gasteiger partial charge in [0.25, 0.3) is 5.91 Å². The van der Waals surface area contributed by atoms with E-state index in [1.54, 1.807) is 36.4 Å². The van der Waals surface area contributed by atoms with Crippen LogP contribution in [0.4, 0.5) is 5.69 Å². The Kier molecular flexibility index (Phi) is 6.04. The number of hydrogen-bond donors (Lipinski definition) is 2. The third-order valence-electron chi connectivity index (χ3n) is 2.82. The number of carbonyl (C=O) groups is 1. The number of amides is 1. The van der Waals surface area contributed by atoms with Crippen LogP contribution in [0, 0.1) is 14.9 Å². The molecule has 0 spiro atoms. The van der Waals surface area contributed by atoms with Crippen molar-refractivity contribution < 1.29 is 9.90 Å². The van der Waals surface area contributed by atoms with Gasteiger partial charge in [-0.25, -0.2) is 0 Å². The number of phenolic OH excluding ortho intramolecular Hbond substituents is 1. The molecule has 7 heteroatoms. The quantitative estimate of drug-likeness (QED) is 0.353. The molecule has 2 aromatic rings. The highest BCUT2D eigenvalue weighted by Gasteiger charge is 2.11. The van der Waals surface area contributed by atoms with Crippen LogP contribution in [0.3, 0.4) is 0 Å². The lowest BCUT2D eigenvalue weighted by atomic mass is 10.1. The van der Waals surface area contributed by atoms with E-state index in [-0.39, 0.29) is 11.3 Å². The monoisotopic (exact) mass is 502 g/mol. The van der Waals surface area contributed by atoms with Gasteiger partial charge in [-0.2, -0.15) is 5.26 Å². The molecule has 0 atom stereocenters. The van der Waals surface area contributed by atoms with Crippen LogP contribution in [0.1, 0.15) is 5.56 Å². The Morgan fingerprint density at radius 2 is 2.00 bits per heavy atom. The highest BCUT2D eigenvalue weighted by molar-refractivity contribution is 14.1. The van der Waals surface area contributed by atoms with Crippen molar-refractivity contribution in [3.8, 4) is 11.8 Å². The normalized spacial score (nSPS) is 11.0. The first-order valence-electron chi connectivity index (χ1n) is 6.27. The maximum atomic E-state index is 12.2. The van der Waals surface area contributed by atoms with E-state index < -0.39 is 5.91 Å². The number of phenols is 1. The van der Waals surface area contributed by atoms with E-state index in [1.165, 1.54) is 6.08 Å². The minimum absolute atomic E-state index is 0.0478. The second-order valence-corrected chi connectivity index (χ2v) is 6.92. The van der Waals surface area contributed by atoms with Crippen LogP contribution in [0.2, 0.25) is 5.02 Å². The van der Waals surface area contributed by atoms with E-state index in [2.05, 4.69) is 21.2 Å². The van der Waals surface area contributed by atoms with E-state index in [4.69, 9.17) is 11.6 Å². The summed E-state index contributed by atoms with van der Waals surface area (Å²) < 4.78 is 1.10. The van der Waals surface area contributed by atoms with Gasteiger partial charge in [-0.15, -0.1) is 0 Å². The summed E-state index contributed by atoms with van der Waals surface area (Å²) in [5, 5.41) is 22.1. The lowest BCUT2D eigenvalue weighted by molar-refractivity contribution is -0.112. The zero-order chi connectivity index (χ0) is 17.0. The molecule has 0 unspecified atom stereocenters. The molecule has 0 aromatic heterocycles. The summed E-state index contributed by atoms with van der Waals surface area (Å²) >= 11 is 11.0. The number of hydrogen-bond acceptors (Lipinski definition) is 3. The number of nitrogens with one attached hydrogen (secondary N) is 1. The Hall–Kier alpha value is -1.56. The molecule has 1 amide bonds. The summed E-state index contributed by atoms with van der Waals surface area (Å²) in [4.78, 5) is 12.2. The predicted octanol–water partition coefficient (Wildman–Crippen LogP) is 4.96. The first kappa shape index (κ1) is 17.8. The molecular weight excluding hydrogens is 494 g/mol. The van der Waals surface area contributed by atoms with Crippen LogP contribution in [-0.2, 0) is 4.79 Å². The van der Waals surface area contributed by atoms with Crippen LogP contribution in [0.25, 0.3) is 6.08 Å². The van der Waals surface area contributed by atoms with Crippen LogP contribution in [-0.4, -0.2) is 11.0 Å². The molecule has 0 aliphatic carbocycles. The molecule has 2 N–H and O–H groups in total. The Morgan fingerprint density at radius 1 is 1.35 bits per heavy atom. The van der Waals surface area contributed by atoms with Gasteiger partial charge in [0, 0.05) is 10.7 Å². The fourth-order valence-electron chi connectivity index (χ4n) is 1.72. The largest absolute Gasteiger partial charge is 0.506 e. The molecule has 0 aliphatic rings. The van der Waals surface area contributed by atoms with E-state index >= 15 is 0 Å². The first-order chi connectivity index (χ1) is 10.9. The fourth-order valence-corrected chi connectivity index (χ4v) is 3.34. The summed E-state index contributed by atoms with van der Waals surface area (Å²) in [6, 6.07) is 11.8. The van der Waals surface area contributed by atoms with Gasteiger partial charge in [-0.05, 0) is 86.6 Å². The van der Waals surface area contributed by atoms with Crippen LogP contribution in [0.15, 0.2) is 46.4 Å². The van der Waals surface area contributed by atoms with Crippen molar-refractivity contribution in [2.24, 2.45) is 0 Å². The zero-order valence-corrected chi connectivity index (χ0v) is 16.0. The number of anilines is 1. The van der Waals surface area contributed by atoms with E-state index in [0.29, 0.717) is 24.3 Å². The highest BCUT2D eigenvalue weighted by atomic mass is 127. The molecule has 0 saturated carbocycles. The average molecular weight is 504 g/mol. The van der Waals surface area contributed by atoms with Crippen molar-refractivity contribution in [1.29, 1.82) is 5.26 Å². The molecule has 0 aliphatic heterocycles. The topological polar surface area (TPSA) is 73.1 Å². The number of aromatic hydroxyl groups is 1. The minimum Gasteiger partial charge on any atom is -0.506 e. The number of carbonyl (C=O) groups excluding carboxylic acids is 1. The maximum absolute atomic E-state index is 12.2. The molecule has 0 radical (unpaired) electrons. The van der Waals surface area contributed by atoms with E-state index in [1.807, 2.05) is 28.7 Å². The molecular formula is C16H9BrClIN2O2. The van der Waals surface area contributed by atoms with Gasteiger partial charge < -0.3 is 10.4 Å². The molecule has 2 rings (SSSR count). The highest BCUT2D eigenvalue weighted by Crippen LogP contribution is 2.31. The number of benzene rings is 2. The van der Waals surface area contributed by atoms with Crippen LogP contribution < -0.4 is 5.32 Å². The summed E-state index contributed by atoms with van der Waals surface area (Å²) in [6.07, 6.45) is 1.46. The second-order valence-electron chi connectivity index (χ2n) is 4.46. The Morgan fingerprint density at radius 3 is 2.57 bits per heavy atom. The van der Waals surface area contributed by atoms with Gasteiger partial charge in [0.05, 0.1) is 8.04 Å². The average Bonchev–Trinajstić information content (AvgIpc) is 2.52. The molecule has 0 fully saturated rings. The van der Waals surface area contributed by atoms with Crippen molar-refractivity contribution in [2.45, 2.75) is 0 Å². The van der Waals surface area contributed by atoms with Gasteiger partial charge in [0.15, 0.2) is 0 Å². The van der Waals surface area contributed by atoms with Gasteiger partial charge in [0.2, 0.25) is 0 Å². The van der Waals surface area contributed by atoms with Crippen molar-refractivity contribution in [3.05, 3.63) is 60.6 Å². The van der Waals surface area contributed by atoms with Gasteiger partial charge in [-0.3, -0.25) is 4.79 Å². The Bertz CT molecular complexity index is 806. The molecule has 0 heterocycles. The third kappa shape index (κ3) is 4.70. The maximum Gasteiger partial charge on any atom is 0.266 e. The summed E-state index contributed by atoms with van der Waals surface area (Å²) in [5.41, 5.74) is 1.12. The van der Waals surface area contributed by atoms with E-state index in [0.717, 1.165) is 0 Å². The number of nitriles is 1. The van der Waals surface area contributed by atoms with Crippen molar-refractivity contribution in [3.63, 3.8) is 0 Å². The third-order valence-corrected chi connectivity index (χ3v) is 4.50. The van der Waals surface area contributed by atoms with Crippen LogP contribution in [0.5, 0.6) is 5.75 Å². The molecule has 0 saturated heterocycles. The molecule has 0 bridgehead atoms.